The number of nitrogens with two attached hydrogens (primary N) is 1. The molecular weight excluding hydrogens is 260 g/mol. The molecule has 0 fully saturated rings. The maximum Gasteiger partial charge on any atom is 0.191 e. The molecule has 0 radical (unpaired) electrons. The average Bonchev–Trinajstić information content (AvgIpc) is 2.30. The van der Waals surface area contributed by atoms with Crippen LogP contribution in [0, 0.1) is 11.6 Å². The second kappa shape index (κ2) is 6.61. The Kier molecular flexibility index (Phi) is 5.43. The van der Waals surface area contributed by atoms with E-state index in [9.17, 15) is 8.78 Å². The Bertz CT molecular complexity index is 417. The molecule has 0 aliphatic rings. The minimum absolute atomic E-state index is 0.0679. The van der Waals surface area contributed by atoms with Crippen LogP contribution in [0.25, 0.3) is 0 Å². The lowest BCUT2D eigenvalue weighted by atomic mass is 10.2. The lowest BCUT2D eigenvalue weighted by Crippen LogP contribution is -2.20. The van der Waals surface area contributed by atoms with Crippen molar-refractivity contribution in [3.8, 4) is 5.75 Å². The Balaban J connectivity index is 2.86. The van der Waals surface area contributed by atoms with Gasteiger partial charge < -0.3 is 15.2 Å². The van der Waals surface area contributed by atoms with Gasteiger partial charge in [0.2, 0.25) is 0 Å². The van der Waals surface area contributed by atoms with E-state index in [1.54, 1.807) is 6.92 Å². The third-order valence-electron chi connectivity index (χ3n) is 2.16. The molecule has 2 N–H and O–H groups in total. The summed E-state index contributed by atoms with van der Waals surface area (Å²) in [5.74, 6) is -2.11. The standard InChI is InChI=1S/C12H15F2NO2S/c1-3-16-6-7(2)17-11-9(13)4-8(12(15)18)5-10(11)14/h4-5,7H,3,6H2,1-2H3,(H2,15,18). The zero-order valence-corrected chi connectivity index (χ0v) is 11.0. The Labute approximate surface area is 110 Å². The Morgan fingerprint density at radius 1 is 1.39 bits per heavy atom. The van der Waals surface area contributed by atoms with Crippen molar-refractivity contribution < 1.29 is 18.3 Å². The molecule has 1 unspecified atom stereocenters. The van der Waals surface area contributed by atoms with E-state index in [-0.39, 0.29) is 17.2 Å². The van der Waals surface area contributed by atoms with Crippen LogP contribution in [-0.2, 0) is 4.74 Å². The normalized spacial score (nSPS) is 12.2. The van der Waals surface area contributed by atoms with E-state index in [0.717, 1.165) is 12.1 Å². The van der Waals surface area contributed by atoms with E-state index in [2.05, 4.69) is 12.2 Å². The summed E-state index contributed by atoms with van der Waals surface area (Å²) < 4.78 is 37.5. The predicted octanol–water partition coefficient (Wildman–Crippen LogP) is 2.40. The van der Waals surface area contributed by atoms with Crippen molar-refractivity contribution in [1.29, 1.82) is 0 Å². The zero-order valence-electron chi connectivity index (χ0n) is 10.2. The molecule has 0 bridgehead atoms. The van der Waals surface area contributed by atoms with Gasteiger partial charge in [0.25, 0.3) is 0 Å². The highest BCUT2D eigenvalue weighted by molar-refractivity contribution is 7.80. The first-order valence-corrected chi connectivity index (χ1v) is 5.89. The number of ether oxygens (including phenoxy) is 2. The highest BCUT2D eigenvalue weighted by atomic mass is 32.1. The first-order chi connectivity index (χ1) is 8.45. The molecule has 0 saturated carbocycles. The average molecular weight is 275 g/mol. The number of benzene rings is 1. The van der Waals surface area contributed by atoms with Crippen molar-refractivity contribution in [3.05, 3.63) is 29.3 Å². The van der Waals surface area contributed by atoms with Gasteiger partial charge in [0.15, 0.2) is 17.4 Å². The third-order valence-corrected chi connectivity index (χ3v) is 2.39. The second-order valence-electron chi connectivity index (χ2n) is 3.72. The van der Waals surface area contributed by atoms with Crippen LogP contribution in [0.2, 0.25) is 0 Å². The van der Waals surface area contributed by atoms with Crippen LogP contribution < -0.4 is 10.5 Å². The highest BCUT2D eigenvalue weighted by Gasteiger charge is 2.16. The van der Waals surface area contributed by atoms with E-state index in [1.165, 1.54) is 0 Å². The zero-order chi connectivity index (χ0) is 13.7. The summed E-state index contributed by atoms with van der Waals surface area (Å²) in [7, 11) is 0. The molecule has 18 heavy (non-hydrogen) atoms. The van der Waals surface area contributed by atoms with E-state index in [1.807, 2.05) is 6.92 Å². The molecule has 1 rings (SSSR count). The molecule has 1 atom stereocenters. The molecule has 0 aliphatic heterocycles. The van der Waals surface area contributed by atoms with E-state index in [4.69, 9.17) is 15.2 Å². The minimum atomic E-state index is -0.832. The molecule has 1 aromatic carbocycles. The van der Waals surface area contributed by atoms with Crippen LogP contribution in [0.4, 0.5) is 8.78 Å². The van der Waals surface area contributed by atoms with Gasteiger partial charge in [0.05, 0.1) is 6.61 Å². The molecule has 6 heteroatoms. The van der Waals surface area contributed by atoms with Crippen molar-refractivity contribution in [2.24, 2.45) is 5.73 Å². The predicted molar refractivity (Wildman–Crippen MR) is 68.8 cm³/mol. The fourth-order valence-electron chi connectivity index (χ4n) is 1.33. The molecule has 0 spiro atoms. The van der Waals surface area contributed by atoms with Gasteiger partial charge >= 0.3 is 0 Å². The quantitative estimate of drug-likeness (QED) is 0.810. The number of hydrogen-bond acceptors (Lipinski definition) is 3. The van der Waals surface area contributed by atoms with Gasteiger partial charge in [-0.05, 0) is 26.0 Å². The fourth-order valence-corrected chi connectivity index (χ4v) is 1.45. The summed E-state index contributed by atoms with van der Waals surface area (Å²) in [4.78, 5) is -0.0679. The van der Waals surface area contributed by atoms with Crippen LogP contribution in [0.1, 0.15) is 19.4 Å². The SMILES string of the molecule is CCOCC(C)Oc1c(F)cc(C(N)=S)cc1F. The number of thiocarbonyl (C=S) groups is 1. The van der Waals surface area contributed by atoms with Crippen molar-refractivity contribution in [1.82, 2.24) is 0 Å². The molecule has 0 aromatic heterocycles. The fraction of sp³-hybridized carbons (Fsp3) is 0.417. The van der Waals surface area contributed by atoms with Gasteiger partial charge in [0, 0.05) is 12.2 Å². The van der Waals surface area contributed by atoms with Gasteiger partial charge in [-0.25, -0.2) is 8.78 Å². The first kappa shape index (κ1) is 14.8. The molecule has 1 aromatic rings. The maximum absolute atomic E-state index is 13.6. The van der Waals surface area contributed by atoms with Crippen molar-refractivity contribution in [2.75, 3.05) is 13.2 Å². The highest BCUT2D eigenvalue weighted by Crippen LogP contribution is 2.24. The Morgan fingerprint density at radius 2 is 1.94 bits per heavy atom. The van der Waals surface area contributed by atoms with Crippen molar-refractivity contribution in [3.63, 3.8) is 0 Å². The molecule has 100 valence electrons. The topological polar surface area (TPSA) is 44.5 Å². The van der Waals surface area contributed by atoms with Crippen molar-refractivity contribution >= 4 is 17.2 Å². The molecule has 0 amide bonds. The number of rotatable bonds is 6. The van der Waals surface area contributed by atoms with E-state index < -0.39 is 23.5 Å². The summed E-state index contributed by atoms with van der Waals surface area (Å²) in [6.45, 7) is 4.26. The smallest absolute Gasteiger partial charge is 0.191 e. The van der Waals surface area contributed by atoms with Crippen LogP contribution in [0.3, 0.4) is 0 Å². The summed E-state index contributed by atoms with van der Waals surface area (Å²) in [6.07, 6.45) is -0.454. The van der Waals surface area contributed by atoms with Gasteiger partial charge in [-0.1, -0.05) is 12.2 Å². The lowest BCUT2D eigenvalue weighted by molar-refractivity contribution is 0.0614. The lowest BCUT2D eigenvalue weighted by Gasteiger charge is -2.16. The monoisotopic (exact) mass is 275 g/mol. The van der Waals surface area contributed by atoms with Crippen LogP contribution in [0.5, 0.6) is 5.75 Å². The number of hydrogen-bond donors (Lipinski definition) is 1. The molecule has 3 nitrogen and oxygen atoms in total. The Morgan fingerprint density at radius 3 is 2.39 bits per heavy atom. The minimum Gasteiger partial charge on any atom is -0.482 e. The second-order valence-corrected chi connectivity index (χ2v) is 4.16. The largest absolute Gasteiger partial charge is 0.482 e. The molecule has 0 heterocycles. The van der Waals surface area contributed by atoms with E-state index in [0.29, 0.717) is 6.61 Å². The summed E-state index contributed by atoms with van der Waals surface area (Å²) >= 11 is 4.65. The Hall–Kier alpha value is -1.27. The first-order valence-electron chi connectivity index (χ1n) is 5.49. The van der Waals surface area contributed by atoms with Crippen molar-refractivity contribution in [2.45, 2.75) is 20.0 Å². The van der Waals surface area contributed by atoms with Gasteiger partial charge in [-0.2, -0.15) is 0 Å². The molecule has 0 saturated heterocycles. The van der Waals surface area contributed by atoms with Crippen LogP contribution in [-0.4, -0.2) is 24.3 Å². The summed E-state index contributed by atoms with van der Waals surface area (Å²) in [5.41, 5.74) is 5.44. The van der Waals surface area contributed by atoms with Gasteiger partial charge in [-0.3, -0.25) is 0 Å². The van der Waals surface area contributed by atoms with Crippen LogP contribution in [0.15, 0.2) is 12.1 Å². The molecule has 0 aliphatic carbocycles. The van der Waals surface area contributed by atoms with Gasteiger partial charge in [-0.15, -0.1) is 0 Å². The number of halogens is 2. The summed E-state index contributed by atoms with van der Waals surface area (Å²) in [5, 5.41) is 0. The van der Waals surface area contributed by atoms with Crippen LogP contribution >= 0.6 is 12.2 Å². The van der Waals surface area contributed by atoms with E-state index >= 15 is 0 Å². The molecular formula is C12H15F2NO2S. The van der Waals surface area contributed by atoms with Gasteiger partial charge in [0.1, 0.15) is 11.1 Å². The maximum atomic E-state index is 13.6. The summed E-state index contributed by atoms with van der Waals surface area (Å²) in [6, 6.07) is 2.10. The third kappa shape index (κ3) is 3.89.